The molecular weight excluding hydrogens is 531 g/mol. The molecule has 0 bridgehead atoms. The van der Waals surface area contributed by atoms with Gasteiger partial charge in [-0.05, 0) is 44.7 Å². The molecule has 1 atom stereocenters. The zero-order valence-corrected chi connectivity index (χ0v) is 23.5. The molecule has 10 nitrogen and oxygen atoms in total. The molecule has 218 valence electrons. The molecule has 0 spiro atoms. The van der Waals surface area contributed by atoms with Gasteiger partial charge in [0.25, 0.3) is 5.56 Å². The Hall–Kier alpha value is -3.31. The number of carbonyl (C=O) groups excluding carboxylic acids is 1. The first-order valence-corrected chi connectivity index (χ1v) is 14.7. The molecule has 1 aromatic carbocycles. The summed E-state index contributed by atoms with van der Waals surface area (Å²) in [4.78, 5) is 30.7. The minimum atomic E-state index is -0.718. The summed E-state index contributed by atoms with van der Waals surface area (Å²) < 4.78 is 32.6. The van der Waals surface area contributed by atoms with E-state index in [4.69, 9.17) is 14.0 Å². The Kier molecular flexibility index (Phi) is 6.06. The number of aryl methyl sites for hydroxylation is 1. The lowest BCUT2D eigenvalue weighted by Gasteiger charge is -2.42. The number of likely N-dealkylation sites (tertiary alicyclic amines) is 1. The molecule has 7 rings (SSSR count). The molecule has 1 saturated heterocycles. The molecule has 1 N–H and O–H groups in total. The van der Waals surface area contributed by atoms with E-state index in [1.165, 1.54) is 12.1 Å². The highest BCUT2D eigenvalue weighted by atomic mass is 19.1. The van der Waals surface area contributed by atoms with Crippen molar-refractivity contribution >= 4 is 17.1 Å². The summed E-state index contributed by atoms with van der Waals surface area (Å²) in [7, 11) is 0. The first kappa shape index (κ1) is 26.6. The summed E-state index contributed by atoms with van der Waals surface area (Å²) >= 11 is 0. The standard InChI is InChI=1S/C30H36FN4O6/c1-18-21(27(37)34-10-3-4-23(36)26(34)32-18)9-13-35(17-39-28(38)40-30-15-29(30,2)16-30)11-7-19(8-12-35)25-22-6-5-20(31)14-24(22)41-33-25/h5-6,14,19,23,36H,3-4,7-13,15-17H2,1-2H3/q+1. The van der Waals surface area contributed by atoms with Crippen LogP contribution in [0.25, 0.3) is 11.0 Å². The first-order chi connectivity index (χ1) is 19.6. The molecule has 1 unspecified atom stereocenters. The van der Waals surface area contributed by atoms with Crippen molar-refractivity contribution in [2.45, 2.75) is 83.0 Å². The van der Waals surface area contributed by atoms with Crippen molar-refractivity contribution in [1.82, 2.24) is 14.7 Å². The number of hydrogen-bond donors (Lipinski definition) is 1. The topological polar surface area (TPSA) is 117 Å². The quantitative estimate of drug-likeness (QED) is 0.333. The van der Waals surface area contributed by atoms with E-state index in [9.17, 15) is 19.1 Å². The fourth-order valence-electron chi connectivity index (χ4n) is 7.13. The van der Waals surface area contributed by atoms with Crippen molar-refractivity contribution in [2.24, 2.45) is 5.41 Å². The zero-order chi connectivity index (χ0) is 28.6. The van der Waals surface area contributed by atoms with Crippen molar-refractivity contribution in [3.8, 4) is 0 Å². The summed E-state index contributed by atoms with van der Waals surface area (Å²) in [6.45, 7) is 6.64. The van der Waals surface area contributed by atoms with Crippen molar-refractivity contribution < 1.29 is 32.8 Å². The van der Waals surface area contributed by atoms with E-state index in [1.54, 1.807) is 10.6 Å². The molecule has 3 aromatic rings. The smallest absolute Gasteiger partial charge is 0.427 e. The van der Waals surface area contributed by atoms with E-state index in [2.05, 4.69) is 17.1 Å². The van der Waals surface area contributed by atoms with Gasteiger partial charge in [0.15, 0.2) is 5.58 Å². The number of nitrogens with zero attached hydrogens (tertiary/aromatic N) is 4. The van der Waals surface area contributed by atoms with Crippen LogP contribution in [0.4, 0.5) is 9.18 Å². The third kappa shape index (κ3) is 4.53. The van der Waals surface area contributed by atoms with Gasteiger partial charge in [0.05, 0.1) is 25.3 Å². The van der Waals surface area contributed by atoms with E-state index < -0.39 is 12.3 Å². The van der Waals surface area contributed by atoms with Gasteiger partial charge in [0.2, 0.25) is 6.73 Å². The van der Waals surface area contributed by atoms with Crippen molar-refractivity contribution in [2.75, 3.05) is 26.4 Å². The second-order valence-corrected chi connectivity index (χ2v) is 12.9. The maximum absolute atomic E-state index is 13.7. The van der Waals surface area contributed by atoms with E-state index in [-0.39, 0.29) is 35.0 Å². The number of halogens is 1. The predicted octanol–water partition coefficient (Wildman–Crippen LogP) is 4.26. The molecule has 2 aliphatic carbocycles. The number of piperidine rings is 1. The Morgan fingerprint density at radius 3 is 2.76 bits per heavy atom. The fraction of sp³-hybridized carbons (Fsp3) is 0.600. The van der Waals surface area contributed by atoms with E-state index in [1.807, 2.05) is 6.92 Å². The summed E-state index contributed by atoms with van der Waals surface area (Å²) in [5, 5.41) is 15.5. The number of quaternary nitrogens is 1. The first-order valence-electron chi connectivity index (χ1n) is 14.7. The summed E-state index contributed by atoms with van der Waals surface area (Å²) in [6, 6.07) is 4.49. The van der Waals surface area contributed by atoms with Gasteiger partial charge in [-0.3, -0.25) is 13.8 Å². The molecule has 41 heavy (non-hydrogen) atoms. The minimum absolute atomic E-state index is 0.0956. The lowest BCUT2D eigenvalue weighted by Crippen LogP contribution is -2.55. The highest BCUT2D eigenvalue weighted by Gasteiger charge is 2.84. The number of carbonyl (C=O) groups is 1. The third-order valence-electron chi connectivity index (χ3n) is 10.2. The van der Waals surface area contributed by atoms with Crippen LogP contribution in [0.2, 0.25) is 0 Å². The third-order valence-corrected chi connectivity index (χ3v) is 10.2. The van der Waals surface area contributed by atoms with Crippen LogP contribution < -0.4 is 5.56 Å². The average Bonchev–Trinajstić information content (AvgIpc) is 3.60. The van der Waals surface area contributed by atoms with Gasteiger partial charge in [-0.1, -0.05) is 12.1 Å². The number of fused-ring (bicyclic) bond motifs is 3. The number of benzene rings is 1. The van der Waals surface area contributed by atoms with Crippen LogP contribution >= 0.6 is 0 Å². The van der Waals surface area contributed by atoms with Crippen LogP contribution in [0.5, 0.6) is 0 Å². The predicted molar refractivity (Wildman–Crippen MR) is 144 cm³/mol. The number of ether oxygens (including phenoxy) is 2. The van der Waals surface area contributed by atoms with Crippen LogP contribution in [0.3, 0.4) is 0 Å². The summed E-state index contributed by atoms with van der Waals surface area (Å²) in [5.41, 5.74) is 2.25. The minimum Gasteiger partial charge on any atom is -0.427 e. The molecule has 3 fully saturated rings. The van der Waals surface area contributed by atoms with Crippen LogP contribution in [-0.2, 0) is 22.4 Å². The van der Waals surface area contributed by atoms with Gasteiger partial charge < -0.3 is 19.1 Å². The Morgan fingerprint density at radius 2 is 2.02 bits per heavy atom. The van der Waals surface area contributed by atoms with Gasteiger partial charge in [-0.25, -0.2) is 14.2 Å². The van der Waals surface area contributed by atoms with E-state index in [0.717, 1.165) is 43.2 Å². The van der Waals surface area contributed by atoms with Crippen LogP contribution in [0, 0.1) is 18.2 Å². The molecule has 4 aliphatic rings. The molecule has 2 saturated carbocycles. The molecular formula is C30H36FN4O6+. The number of aliphatic hydroxyl groups is 1. The van der Waals surface area contributed by atoms with Gasteiger partial charge in [-0.2, -0.15) is 0 Å². The summed E-state index contributed by atoms with van der Waals surface area (Å²) in [6.07, 6.45) is 3.81. The van der Waals surface area contributed by atoms with Crippen molar-refractivity contribution in [1.29, 1.82) is 0 Å². The lowest BCUT2D eigenvalue weighted by atomic mass is 9.90. The lowest BCUT2D eigenvalue weighted by molar-refractivity contribution is -0.948. The number of aliphatic hydroxyl groups excluding tert-OH is 1. The zero-order valence-electron chi connectivity index (χ0n) is 23.5. The maximum atomic E-state index is 13.7. The van der Waals surface area contributed by atoms with Crippen molar-refractivity contribution in [3.63, 3.8) is 0 Å². The van der Waals surface area contributed by atoms with Gasteiger partial charge in [-0.15, -0.1) is 0 Å². The Labute approximate surface area is 236 Å². The molecule has 11 heteroatoms. The normalized spacial score (nSPS) is 31.8. The SMILES string of the molecule is Cc1nc2n(c(=O)c1CC[N+]1(COC(=O)OC34CC3(C)C4)CCC(c3noc4cc(F)ccc34)CC1)CCCC2O. The van der Waals surface area contributed by atoms with Crippen LogP contribution in [-0.4, -0.2) is 62.4 Å². The van der Waals surface area contributed by atoms with Gasteiger partial charge in [0, 0.05) is 59.9 Å². The largest absolute Gasteiger partial charge is 0.513 e. The Bertz CT molecular complexity index is 1580. The highest BCUT2D eigenvalue weighted by molar-refractivity contribution is 5.79. The second kappa shape index (κ2) is 9.35. The Morgan fingerprint density at radius 1 is 1.27 bits per heavy atom. The van der Waals surface area contributed by atoms with Gasteiger partial charge in [0.1, 0.15) is 23.3 Å². The monoisotopic (exact) mass is 567 g/mol. The van der Waals surface area contributed by atoms with E-state index in [0.29, 0.717) is 66.2 Å². The Balaban J connectivity index is 1.09. The second-order valence-electron chi connectivity index (χ2n) is 12.9. The highest BCUT2D eigenvalue weighted by Crippen LogP contribution is 2.80. The van der Waals surface area contributed by atoms with Crippen LogP contribution in [0.15, 0.2) is 27.5 Å². The average molecular weight is 568 g/mol. The number of hydrogen-bond acceptors (Lipinski definition) is 8. The number of rotatable bonds is 7. The molecule has 0 amide bonds. The molecule has 2 aromatic heterocycles. The summed E-state index contributed by atoms with van der Waals surface area (Å²) in [5.74, 6) is 0.208. The molecule has 4 heterocycles. The maximum Gasteiger partial charge on any atom is 0.513 e. The van der Waals surface area contributed by atoms with E-state index >= 15 is 0 Å². The fourth-order valence-corrected chi connectivity index (χ4v) is 7.13. The molecule has 2 aliphatic heterocycles. The van der Waals surface area contributed by atoms with Crippen LogP contribution in [0.1, 0.15) is 80.2 Å². The number of aromatic nitrogens is 3. The van der Waals surface area contributed by atoms with Crippen molar-refractivity contribution in [3.05, 3.63) is 57.1 Å². The molecule has 0 radical (unpaired) electrons. The van der Waals surface area contributed by atoms with Gasteiger partial charge >= 0.3 is 6.16 Å².